The van der Waals surface area contributed by atoms with Crippen LogP contribution in [-0.4, -0.2) is 35.9 Å². The molecular formula is C20H21N3O5. The van der Waals surface area contributed by atoms with E-state index in [1.807, 2.05) is 31.2 Å². The first kappa shape index (κ1) is 19.3. The van der Waals surface area contributed by atoms with E-state index in [9.17, 15) is 19.7 Å². The Kier molecular flexibility index (Phi) is 5.88. The molecule has 1 fully saturated rings. The number of nitro benzene ring substituents is 1. The summed E-state index contributed by atoms with van der Waals surface area (Å²) in [5, 5.41) is 13.5. The highest BCUT2D eigenvalue weighted by Crippen LogP contribution is 2.24. The van der Waals surface area contributed by atoms with Crippen LogP contribution in [0.4, 0.5) is 11.4 Å². The molecule has 0 radical (unpaired) electrons. The molecule has 0 bridgehead atoms. The molecule has 2 amide bonds. The Balaban J connectivity index is 1.56. The van der Waals surface area contributed by atoms with Crippen molar-refractivity contribution in [2.24, 2.45) is 0 Å². The van der Waals surface area contributed by atoms with E-state index in [4.69, 9.17) is 4.74 Å². The van der Waals surface area contributed by atoms with Gasteiger partial charge < -0.3 is 15.0 Å². The van der Waals surface area contributed by atoms with E-state index in [1.54, 1.807) is 17.0 Å². The van der Waals surface area contributed by atoms with Gasteiger partial charge in [0.1, 0.15) is 5.75 Å². The first-order valence-corrected chi connectivity index (χ1v) is 9.02. The lowest BCUT2D eigenvalue weighted by Gasteiger charge is -2.17. The second-order valence-electron chi connectivity index (χ2n) is 6.50. The van der Waals surface area contributed by atoms with Crippen molar-refractivity contribution in [1.82, 2.24) is 5.32 Å². The number of ether oxygens (including phenoxy) is 1. The maximum atomic E-state index is 12.3. The topological polar surface area (TPSA) is 102 Å². The molecule has 1 atom stereocenters. The lowest BCUT2D eigenvalue weighted by molar-refractivity contribution is -0.384. The molecule has 0 unspecified atom stereocenters. The molecule has 1 N–H and O–H groups in total. The molecule has 2 aromatic carbocycles. The van der Waals surface area contributed by atoms with Gasteiger partial charge in [-0.2, -0.15) is 0 Å². The maximum absolute atomic E-state index is 12.3. The van der Waals surface area contributed by atoms with E-state index in [2.05, 4.69) is 5.32 Å². The zero-order valence-corrected chi connectivity index (χ0v) is 15.5. The van der Waals surface area contributed by atoms with Crippen LogP contribution >= 0.6 is 0 Å². The number of nitrogens with one attached hydrogen (secondary N) is 1. The fourth-order valence-corrected chi connectivity index (χ4v) is 3.14. The Morgan fingerprint density at radius 1 is 1.21 bits per heavy atom. The van der Waals surface area contributed by atoms with Crippen LogP contribution in [0.2, 0.25) is 0 Å². The first-order valence-electron chi connectivity index (χ1n) is 9.02. The van der Waals surface area contributed by atoms with Crippen molar-refractivity contribution in [3.05, 3.63) is 64.2 Å². The number of amides is 2. The Morgan fingerprint density at radius 3 is 2.50 bits per heavy atom. The minimum absolute atomic E-state index is 0.0171. The minimum atomic E-state index is -0.483. The molecule has 1 aliphatic rings. The van der Waals surface area contributed by atoms with Gasteiger partial charge in [-0.3, -0.25) is 19.7 Å². The summed E-state index contributed by atoms with van der Waals surface area (Å²) in [7, 11) is 0. The van der Waals surface area contributed by atoms with E-state index in [-0.39, 0.29) is 36.4 Å². The highest BCUT2D eigenvalue weighted by molar-refractivity contribution is 5.97. The van der Waals surface area contributed by atoms with Crippen LogP contribution < -0.4 is 15.0 Å². The number of nitrogens with zero attached hydrogens (tertiary/aromatic N) is 2. The molecule has 0 aliphatic carbocycles. The molecule has 0 aromatic heterocycles. The van der Waals surface area contributed by atoms with Crippen LogP contribution in [-0.2, 0) is 16.0 Å². The van der Waals surface area contributed by atoms with Crippen molar-refractivity contribution in [2.45, 2.75) is 25.8 Å². The van der Waals surface area contributed by atoms with E-state index >= 15 is 0 Å². The number of anilines is 1. The summed E-state index contributed by atoms with van der Waals surface area (Å²) < 4.78 is 5.40. The third-order valence-electron chi connectivity index (χ3n) is 4.46. The zero-order valence-electron chi connectivity index (χ0n) is 15.5. The number of nitro groups is 1. The Hall–Kier alpha value is -3.42. The quantitative estimate of drug-likeness (QED) is 0.584. The van der Waals surface area contributed by atoms with Crippen LogP contribution in [0.1, 0.15) is 18.9 Å². The second-order valence-corrected chi connectivity index (χ2v) is 6.50. The Labute approximate surface area is 162 Å². The lowest BCUT2D eigenvalue weighted by Crippen LogP contribution is -2.38. The van der Waals surface area contributed by atoms with Gasteiger partial charge in [-0.25, -0.2) is 0 Å². The number of carbonyl (C=O) groups is 2. The van der Waals surface area contributed by atoms with Gasteiger partial charge in [0.05, 0.1) is 24.0 Å². The van der Waals surface area contributed by atoms with Gasteiger partial charge in [-0.15, -0.1) is 0 Å². The summed E-state index contributed by atoms with van der Waals surface area (Å²) in [4.78, 5) is 36.4. The van der Waals surface area contributed by atoms with Crippen LogP contribution in [0.3, 0.4) is 0 Å². The molecular weight excluding hydrogens is 362 g/mol. The van der Waals surface area contributed by atoms with E-state index in [0.29, 0.717) is 18.7 Å². The molecule has 1 heterocycles. The fourth-order valence-electron chi connectivity index (χ4n) is 3.14. The van der Waals surface area contributed by atoms with Gasteiger partial charge in [0, 0.05) is 30.8 Å². The monoisotopic (exact) mass is 383 g/mol. The molecule has 146 valence electrons. The summed E-state index contributed by atoms with van der Waals surface area (Å²) in [5.74, 6) is 0.468. The van der Waals surface area contributed by atoms with Crippen molar-refractivity contribution in [3.63, 3.8) is 0 Å². The number of carbonyl (C=O) groups excluding carboxylic acids is 2. The predicted octanol–water partition coefficient (Wildman–Crippen LogP) is 2.46. The molecule has 1 saturated heterocycles. The number of non-ortho nitro benzene ring substituents is 1. The summed E-state index contributed by atoms with van der Waals surface area (Å²) in [5.41, 5.74) is 1.42. The average Bonchev–Trinajstić information content (AvgIpc) is 3.03. The SMILES string of the molecule is CCOc1ccc(N2C[C@H](NC(=O)Cc3ccc([N+](=O)[O-])cc3)CC2=O)cc1. The van der Waals surface area contributed by atoms with Crippen molar-refractivity contribution < 1.29 is 19.2 Å². The van der Waals surface area contributed by atoms with E-state index < -0.39 is 4.92 Å². The first-order chi connectivity index (χ1) is 13.5. The predicted molar refractivity (Wildman–Crippen MR) is 103 cm³/mol. The van der Waals surface area contributed by atoms with Crippen LogP contribution in [0.15, 0.2) is 48.5 Å². The maximum Gasteiger partial charge on any atom is 0.269 e. The molecule has 28 heavy (non-hydrogen) atoms. The molecule has 0 spiro atoms. The highest BCUT2D eigenvalue weighted by atomic mass is 16.6. The van der Waals surface area contributed by atoms with Crippen LogP contribution in [0.5, 0.6) is 5.75 Å². The van der Waals surface area contributed by atoms with Gasteiger partial charge in [0.15, 0.2) is 0 Å². The number of benzene rings is 2. The van der Waals surface area contributed by atoms with E-state index in [0.717, 1.165) is 11.4 Å². The largest absolute Gasteiger partial charge is 0.494 e. The van der Waals surface area contributed by atoms with Gasteiger partial charge in [0.25, 0.3) is 5.69 Å². The van der Waals surface area contributed by atoms with Crippen molar-refractivity contribution >= 4 is 23.2 Å². The average molecular weight is 383 g/mol. The summed E-state index contributed by atoms with van der Waals surface area (Å²) in [6, 6.07) is 12.9. The van der Waals surface area contributed by atoms with Crippen molar-refractivity contribution in [3.8, 4) is 5.75 Å². The van der Waals surface area contributed by atoms with Crippen molar-refractivity contribution in [2.75, 3.05) is 18.1 Å². The Morgan fingerprint density at radius 2 is 1.89 bits per heavy atom. The third kappa shape index (κ3) is 4.64. The molecule has 2 aromatic rings. The second kappa shape index (κ2) is 8.51. The number of rotatable bonds is 7. The molecule has 1 aliphatic heterocycles. The highest BCUT2D eigenvalue weighted by Gasteiger charge is 2.31. The minimum Gasteiger partial charge on any atom is -0.494 e. The molecule has 8 heteroatoms. The zero-order chi connectivity index (χ0) is 20.1. The van der Waals surface area contributed by atoms with Crippen LogP contribution in [0.25, 0.3) is 0 Å². The number of hydrogen-bond acceptors (Lipinski definition) is 5. The number of hydrogen-bond donors (Lipinski definition) is 1. The molecule has 0 saturated carbocycles. The molecule has 3 rings (SSSR count). The van der Waals surface area contributed by atoms with Crippen molar-refractivity contribution in [1.29, 1.82) is 0 Å². The fraction of sp³-hybridized carbons (Fsp3) is 0.300. The molecule has 8 nitrogen and oxygen atoms in total. The van der Waals surface area contributed by atoms with Gasteiger partial charge >= 0.3 is 0 Å². The summed E-state index contributed by atoms with van der Waals surface area (Å²) >= 11 is 0. The summed E-state index contributed by atoms with van der Waals surface area (Å²) in [6.45, 7) is 2.88. The summed E-state index contributed by atoms with van der Waals surface area (Å²) in [6.07, 6.45) is 0.338. The van der Waals surface area contributed by atoms with Gasteiger partial charge in [-0.05, 0) is 36.8 Å². The smallest absolute Gasteiger partial charge is 0.269 e. The van der Waals surface area contributed by atoms with Gasteiger partial charge in [-0.1, -0.05) is 12.1 Å². The lowest BCUT2D eigenvalue weighted by atomic mass is 10.1. The van der Waals surface area contributed by atoms with Gasteiger partial charge in [0.2, 0.25) is 11.8 Å². The Bertz CT molecular complexity index is 864. The normalized spacial score (nSPS) is 16.1. The van der Waals surface area contributed by atoms with Crippen LogP contribution in [0, 0.1) is 10.1 Å². The third-order valence-corrected chi connectivity index (χ3v) is 4.46. The van der Waals surface area contributed by atoms with E-state index in [1.165, 1.54) is 12.1 Å². The standard InChI is InChI=1S/C20H21N3O5/c1-2-28-18-9-7-16(8-10-18)22-13-15(12-20(22)25)21-19(24)11-14-3-5-17(6-4-14)23(26)27/h3-10,15H,2,11-13H2,1H3,(H,21,24)/t15-/m1/s1.